The standard InChI is InChI=1S/C8H5N5/c1-10-12-5-8-3-2-7(13-8)4-11-6-9/h2-5,13H. The van der Waals surface area contributed by atoms with Crippen molar-refractivity contribution in [2.75, 3.05) is 0 Å². The minimum Gasteiger partial charge on any atom is -0.353 e. The first kappa shape index (κ1) is 8.69. The van der Waals surface area contributed by atoms with Gasteiger partial charge in [0.05, 0.1) is 22.7 Å². The molecule has 1 aromatic heterocycles. The van der Waals surface area contributed by atoms with Crippen LogP contribution in [-0.2, 0) is 0 Å². The summed E-state index contributed by atoms with van der Waals surface area (Å²) < 4.78 is 0. The highest BCUT2D eigenvalue weighted by molar-refractivity contribution is 5.83. The van der Waals surface area contributed by atoms with E-state index in [-0.39, 0.29) is 0 Å². The molecule has 5 nitrogen and oxygen atoms in total. The van der Waals surface area contributed by atoms with Crippen LogP contribution in [0, 0.1) is 18.0 Å². The number of aromatic amines is 1. The van der Waals surface area contributed by atoms with Crippen molar-refractivity contribution < 1.29 is 0 Å². The van der Waals surface area contributed by atoms with Crippen molar-refractivity contribution in [1.82, 2.24) is 4.98 Å². The summed E-state index contributed by atoms with van der Waals surface area (Å²) in [5, 5.41) is 11.5. The summed E-state index contributed by atoms with van der Waals surface area (Å²) in [6, 6.07) is 3.49. The van der Waals surface area contributed by atoms with Gasteiger partial charge in [0, 0.05) is 0 Å². The summed E-state index contributed by atoms with van der Waals surface area (Å²) in [7, 11) is 0. The molecule has 0 unspecified atom stereocenters. The Labute approximate surface area is 74.9 Å². The number of H-pyrrole nitrogens is 1. The van der Waals surface area contributed by atoms with E-state index in [4.69, 9.17) is 11.8 Å². The quantitative estimate of drug-likeness (QED) is 0.308. The van der Waals surface area contributed by atoms with E-state index in [1.54, 1.807) is 18.3 Å². The Morgan fingerprint density at radius 3 is 2.77 bits per heavy atom. The highest BCUT2D eigenvalue weighted by atomic mass is 15.2. The van der Waals surface area contributed by atoms with E-state index in [0.717, 1.165) is 0 Å². The van der Waals surface area contributed by atoms with Gasteiger partial charge in [0.2, 0.25) is 6.19 Å². The maximum absolute atomic E-state index is 8.15. The van der Waals surface area contributed by atoms with Gasteiger partial charge in [-0.05, 0) is 12.1 Å². The van der Waals surface area contributed by atoms with Crippen molar-refractivity contribution >= 4 is 12.4 Å². The number of aliphatic imine (C=N–C) groups is 1. The normalized spacial score (nSPS) is 10.3. The van der Waals surface area contributed by atoms with Crippen LogP contribution in [0.5, 0.6) is 0 Å². The lowest BCUT2D eigenvalue weighted by molar-refractivity contribution is 1.35. The minimum atomic E-state index is 0.702. The Bertz CT molecular complexity index is 374. The summed E-state index contributed by atoms with van der Waals surface area (Å²) >= 11 is 0. The lowest BCUT2D eigenvalue weighted by atomic mass is 10.4. The number of hydrogen-bond donors (Lipinski definition) is 1. The van der Waals surface area contributed by atoms with E-state index < -0.39 is 0 Å². The third-order valence-corrected chi connectivity index (χ3v) is 1.25. The van der Waals surface area contributed by atoms with Crippen molar-refractivity contribution in [3.05, 3.63) is 35.0 Å². The predicted molar refractivity (Wildman–Crippen MR) is 48.2 cm³/mol. The molecule has 5 heteroatoms. The first-order valence-corrected chi connectivity index (χ1v) is 3.38. The third-order valence-electron chi connectivity index (χ3n) is 1.25. The van der Waals surface area contributed by atoms with Crippen LogP contribution in [-0.4, -0.2) is 17.4 Å². The van der Waals surface area contributed by atoms with E-state index in [1.165, 1.54) is 12.4 Å². The second-order valence-corrected chi connectivity index (χ2v) is 2.07. The van der Waals surface area contributed by atoms with Crippen LogP contribution in [0.4, 0.5) is 0 Å². The second-order valence-electron chi connectivity index (χ2n) is 2.07. The molecular formula is C8H5N5. The monoisotopic (exact) mass is 171 g/mol. The largest absolute Gasteiger partial charge is 0.353 e. The fourth-order valence-corrected chi connectivity index (χ4v) is 0.770. The summed E-state index contributed by atoms with van der Waals surface area (Å²) in [6.45, 7) is 6.41. The average molecular weight is 171 g/mol. The van der Waals surface area contributed by atoms with E-state index >= 15 is 0 Å². The third kappa shape index (κ3) is 2.60. The van der Waals surface area contributed by atoms with Crippen LogP contribution < -0.4 is 0 Å². The molecule has 1 N–H and O–H groups in total. The van der Waals surface area contributed by atoms with Gasteiger partial charge in [-0.25, -0.2) is 0 Å². The van der Waals surface area contributed by atoms with Gasteiger partial charge in [-0.2, -0.15) is 16.8 Å². The van der Waals surface area contributed by atoms with E-state index in [2.05, 4.69) is 20.0 Å². The molecule has 0 atom stereocenters. The van der Waals surface area contributed by atoms with Crippen molar-refractivity contribution in [3.8, 4) is 6.19 Å². The first-order valence-electron chi connectivity index (χ1n) is 3.38. The molecule has 0 aliphatic carbocycles. The molecule has 0 amide bonds. The maximum atomic E-state index is 8.15. The molecule has 1 aromatic rings. The molecule has 0 radical (unpaired) electrons. The fraction of sp³-hybridized carbons (Fsp3) is 0. The molecule has 0 aliphatic heterocycles. The Morgan fingerprint density at radius 2 is 2.15 bits per heavy atom. The van der Waals surface area contributed by atoms with Gasteiger partial charge in [-0.1, -0.05) is 0 Å². The summed E-state index contributed by atoms with van der Waals surface area (Å²) in [6.07, 6.45) is 4.43. The van der Waals surface area contributed by atoms with Gasteiger partial charge in [0.1, 0.15) is 6.21 Å². The highest BCUT2D eigenvalue weighted by Gasteiger charge is 1.93. The number of hydrogen-bond acceptors (Lipinski definition) is 3. The second kappa shape index (κ2) is 4.47. The number of aromatic nitrogens is 1. The van der Waals surface area contributed by atoms with Crippen molar-refractivity contribution in [3.63, 3.8) is 0 Å². The molecule has 0 bridgehead atoms. The Hall–Kier alpha value is -2.40. The zero-order valence-corrected chi connectivity index (χ0v) is 6.60. The summed E-state index contributed by atoms with van der Waals surface area (Å²) in [4.78, 5) is 9.09. The lowest BCUT2D eigenvalue weighted by Crippen LogP contribution is -1.82. The minimum absolute atomic E-state index is 0.702. The topological polar surface area (TPSA) is 68.7 Å². The molecular weight excluding hydrogens is 166 g/mol. The molecule has 62 valence electrons. The average Bonchev–Trinajstić information content (AvgIpc) is 2.59. The molecule has 0 aliphatic rings. The van der Waals surface area contributed by atoms with E-state index in [1.807, 2.05) is 0 Å². The van der Waals surface area contributed by atoms with Crippen molar-refractivity contribution in [1.29, 1.82) is 5.26 Å². The van der Waals surface area contributed by atoms with Gasteiger partial charge in [0.15, 0.2) is 0 Å². The van der Waals surface area contributed by atoms with E-state index in [9.17, 15) is 0 Å². The maximum Gasteiger partial charge on any atom is 0.205 e. The molecule has 13 heavy (non-hydrogen) atoms. The van der Waals surface area contributed by atoms with E-state index in [0.29, 0.717) is 11.4 Å². The summed E-state index contributed by atoms with van der Waals surface area (Å²) in [5.74, 6) is 0. The molecule has 1 rings (SSSR count). The predicted octanol–water partition coefficient (Wildman–Crippen LogP) is 1.17. The van der Waals surface area contributed by atoms with Gasteiger partial charge in [0.25, 0.3) is 0 Å². The molecule has 0 saturated carbocycles. The van der Waals surface area contributed by atoms with Crippen LogP contribution in [0.2, 0.25) is 0 Å². The van der Waals surface area contributed by atoms with Crippen LogP contribution >= 0.6 is 0 Å². The molecule has 1 heterocycles. The number of nitrogens with zero attached hydrogens (tertiary/aromatic N) is 4. The zero-order chi connectivity index (χ0) is 9.52. The Morgan fingerprint density at radius 1 is 1.46 bits per heavy atom. The lowest BCUT2D eigenvalue weighted by Gasteiger charge is -1.80. The van der Waals surface area contributed by atoms with Gasteiger partial charge in [-0.15, -0.1) is 4.95 Å². The van der Waals surface area contributed by atoms with Gasteiger partial charge in [-0.3, -0.25) is 0 Å². The van der Waals surface area contributed by atoms with Gasteiger partial charge < -0.3 is 4.98 Å². The zero-order valence-electron chi connectivity index (χ0n) is 6.60. The Balaban J connectivity index is 2.77. The fourth-order valence-electron chi connectivity index (χ4n) is 0.770. The summed E-state index contributed by atoms with van der Waals surface area (Å²) in [5.41, 5.74) is 1.41. The number of nitrogens with one attached hydrogen (secondary N) is 1. The number of nitriles is 1. The van der Waals surface area contributed by atoms with Crippen molar-refractivity contribution in [2.45, 2.75) is 0 Å². The van der Waals surface area contributed by atoms with Crippen molar-refractivity contribution in [2.24, 2.45) is 10.1 Å². The molecule has 0 aromatic carbocycles. The first-order chi connectivity index (χ1) is 6.36. The smallest absolute Gasteiger partial charge is 0.205 e. The van der Waals surface area contributed by atoms with Crippen LogP contribution in [0.3, 0.4) is 0 Å². The molecule has 0 spiro atoms. The SMILES string of the molecule is [C-]#[N+]N=Cc1ccc(C=NC#N)[nH]1. The Kier molecular flexibility index (Phi) is 2.99. The van der Waals surface area contributed by atoms with Crippen LogP contribution in [0.25, 0.3) is 4.95 Å². The highest BCUT2D eigenvalue weighted by Crippen LogP contribution is 1.96. The molecule has 0 fully saturated rings. The van der Waals surface area contributed by atoms with Crippen LogP contribution in [0.15, 0.2) is 22.2 Å². The number of rotatable bonds is 2. The molecule has 0 saturated heterocycles. The van der Waals surface area contributed by atoms with Crippen LogP contribution in [0.1, 0.15) is 11.4 Å². The van der Waals surface area contributed by atoms with Gasteiger partial charge >= 0.3 is 0 Å².